The van der Waals surface area contributed by atoms with E-state index in [0.717, 1.165) is 8.97 Å². The Morgan fingerprint density at radius 2 is 1.02 bits per heavy atom. The molecule has 238 valence electrons. The van der Waals surface area contributed by atoms with Gasteiger partial charge >= 0.3 is 0 Å². The molecule has 10 unspecified atom stereocenters. The number of quaternary nitrogens is 2. The van der Waals surface area contributed by atoms with Gasteiger partial charge in [-0.15, -0.1) is 0 Å². The molecular weight excluding hydrogens is 532 g/mol. The number of carbonyl (C=O) groups excluding carboxylic acids is 2. The van der Waals surface area contributed by atoms with E-state index in [1.54, 1.807) is 6.92 Å². The molecule has 0 radical (unpaired) electrons. The molecule has 0 spiro atoms. The fourth-order valence-corrected chi connectivity index (χ4v) is 3.86. The number of nitrogens with zero attached hydrogens (tertiary/aromatic N) is 2. The van der Waals surface area contributed by atoms with Gasteiger partial charge in [0.25, 0.3) is 0 Å². The largest absolute Gasteiger partial charge is 0.547 e. The lowest BCUT2D eigenvalue weighted by molar-refractivity contribution is -0.849. The molecular formula is C26H52N2O12. The monoisotopic (exact) mass is 584 g/mol. The minimum Gasteiger partial charge on any atom is -0.547 e. The molecule has 2 aliphatic heterocycles. The van der Waals surface area contributed by atoms with Crippen LogP contribution < -0.4 is 10.2 Å². The summed E-state index contributed by atoms with van der Waals surface area (Å²) in [5.74, 6) is -5.44. The SMILES string of the molecule is CCC1OC(C(=O)[O-])C(COCC2OC(C(=O)[O-])C(COC)C(O)C2O)C(O)C1O.C[N+](C)(C)C.C[N+](C)(C)C. The molecule has 0 aromatic heterocycles. The van der Waals surface area contributed by atoms with Crippen molar-refractivity contribution in [2.45, 2.75) is 62.2 Å². The maximum Gasteiger partial charge on any atom is 0.110 e. The van der Waals surface area contributed by atoms with E-state index in [1.807, 2.05) is 0 Å². The van der Waals surface area contributed by atoms with Crippen molar-refractivity contribution in [1.29, 1.82) is 0 Å². The molecule has 40 heavy (non-hydrogen) atoms. The summed E-state index contributed by atoms with van der Waals surface area (Å²) >= 11 is 0. The zero-order chi connectivity index (χ0) is 31.6. The van der Waals surface area contributed by atoms with E-state index in [4.69, 9.17) is 18.9 Å². The number of aliphatic hydroxyl groups excluding tert-OH is 4. The van der Waals surface area contributed by atoms with Gasteiger partial charge in [0.1, 0.15) is 30.5 Å². The topological polar surface area (TPSA) is 198 Å². The Labute approximate surface area is 237 Å². The maximum absolute atomic E-state index is 11.4. The van der Waals surface area contributed by atoms with Gasteiger partial charge in [-0.25, -0.2) is 0 Å². The molecule has 2 rings (SSSR count). The van der Waals surface area contributed by atoms with Crippen molar-refractivity contribution < 1.29 is 68.1 Å². The highest BCUT2D eigenvalue weighted by molar-refractivity contribution is 5.71. The Morgan fingerprint density at radius 3 is 1.38 bits per heavy atom. The van der Waals surface area contributed by atoms with Gasteiger partial charge in [0.15, 0.2) is 0 Å². The lowest BCUT2D eigenvalue weighted by atomic mass is 9.86. The van der Waals surface area contributed by atoms with Gasteiger partial charge in [-0.1, -0.05) is 6.92 Å². The number of carbonyl (C=O) groups is 2. The predicted molar refractivity (Wildman–Crippen MR) is 139 cm³/mol. The van der Waals surface area contributed by atoms with Gasteiger partial charge < -0.3 is 68.1 Å². The number of aliphatic hydroxyl groups is 4. The maximum atomic E-state index is 11.4. The summed E-state index contributed by atoms with van der Waals surface area (Å²) < 4.78 is 22.8. The first-order valence-corrected chi connectivity index (χ1v) is 13.2. The molecule has 2 saturated heterocycles. The van der Waals surface area contributed by atoms with Gasteiger partial charge in [0, 0.05) is 18.9 Å². The lowest BCUT2D eigenvalue weighted by Gasteiger charge is -2.44. The van der Waals surface area contributed by atoms with E-state index >= 15 is 0 Å². The van der Waals surface area contributed by atoms with Crippen LogP contribution in [0.4, 0.5) is 0 Å². The molecule has 0 bridgehead atoms. The fraction of sp³-hybridized carbons (Fsp3) is 0.923. The van der Waals surface area contributed by atoms with E-state index in [2.05, 4.69) is 56.4 Å². The molecule has 14 nitrogen and oxygen atoms in total. The second kappa shape index (κ2) is 16.9. The molecule has 0 aromatic rings. The zero-order valence-corrected chi connectivity index (χ0v) is 25.6. The van der Waals surface area contributed by atoms with Gasteiger partial charge in [-0.2, -0.15) is 0 Å². The van der Waals surface area contributed by atoms with E-state index < -0.39 is 85.8 Å². The first-order chi connectivity index (χ1) is 18.1. The number of ether oxygens (including phenoxy) is 4. The molecule has 0 amide bonds. The highest BCUT2D eigenvalue weighted by Crippen LogP contribution is 2.30. The quantitative estimate of drug-likeness (QED) is 0.190. The Kier molecular flexibility index (Phi) is 16.2. The Morgan fingerprint density at radius 1 is 0.675 bits per heavy atom. The number of rotatable bonds is 9. The van der Waals surface area contributed by atoms with Crippen LogP contribution in [0.5, 0.6) is 0 Å². The Hall–Kier alpha value is -1.46. The molecule has 14 heteroatoms. The van der Waals surface area contributed by atoms with Crippen molar-refractivity contribution in [3.8, 4) is 0 Å². The Balaban J connectivity index is 0.00000130. The summed E-state index contributed by atoms with van der Waals surface area (Å²) in [6, 6.07) is 0. The molecule has 0 saturated carbocycles. The fourth-order valence-electron chi connectivity index (χ4n) is 3.86. The highest BCUT2D eigenvalue weighted by atomic mass is 16.6. The van der Waals surface area contributed by atoms with Gasteiger partial charge in [0.05, 0.1) is 106 Å². The van der Waals surface area contributed by atoms with Crippen LogP contribution in [-0.2, 0) is 28.5 Å². The van der Waals surface area contributed by atoms with Crippen molar-refractivity contribution in [1.82, 2.24) is 0 Å². The summed E-state index contributed by atoms with van der Waals surface area (Å²) in [5, 5.41) is 63.5. The molecule has 2 heterocycles. The van der Waals surface area contributed by atoms with Crippen LogP contribution in [0.3, 0.4) is 0 Å². The van der Waals surface area contributed by atoms with Crippen LogP contribution in [0.1, 0.15) is 13.3 Å². The van der Waals surface area contributed by atoms with Crippen LogP contribution in [0.25, 0.3) is 0 Å². The van der Waals surface area contributed by atoms with Crippen molar-refractivity contribution in [3.05, 3.63) is 0 Å². The molecule has 0 aromatic carbocycles. The smallest absolute Gasteiger partial charge is 0.110 e. The molecule has 2 aliphatic rings. The summed E-state index contributed by atoms with van der Waals surface area (Å²) in [6.45, 7) is 0.604. The minimum atomic E-state index is -1.60. The molecule has 0 aliphatic carbocycles. The third-order valence-corrected chi connectivity index (χ3v) is 5.58. The van der Waals surface area contributed by atoms with Crippen molar-refractivity contribution in [2.75, 3.05) is 83.3 Å². The van der Waals surface area contributed by atoms with E-state index in [0.29, 0.717) is 0 Å². The normalized spacial score (nSPS) is 34.5. The van der Waals surface area contributed by atoms with Gasteiger partial charge in [-0.05, 0) is 6.42 Å². The Bertz CT molecular complexity index is 733. The van der Waals surface area contributed by atoms with Crippen LogP contribution in [0.15, 0.2) is 0 Å². The average molecular weight is 585 g/mol. The zero-order valence-electron chi connectivity index (χ0n) is 25.6. The highest BCUT2D eigenvalue weighted by Gasteiger charge is 2.47. The molecule has 2 fully saturated rings. The summed E-state index contributed by atoms with van der Waals surface area (Å²) in [4.78, 5) is 22.7. The summed E-state index contributed by atoms with van der Waals surface area (Å²) in [7, 11) is 18.3. The van der Waals surface area contributed by atoms with Crippen LogP contribution >= 0.6 is 0 Å². The number of carboxylic acids is 2. The average Bonchev–Trinajstić information content (AvgIpc) is 2.78. The first-order valence-electron chi connectivity index (χ1n) is 13.2. The second-order valence-electron chi connectivity index (χ2n) is 12.9. The van der Waals surface area contributed by atoms with E-state index in [-0.39, 0.29) is 13.0 Å². The second-order valence-corrected chi connectivity index (χ2v) is 12.9. The number of hydrogen-bond acceptors (Lipinski definition) is 12. The van der Waals surface area contributed by atoms with Crippen LogP contribution in [-0.4, -0.2) is 173 Å². The van der Waals surface area contributed by atoms with Crippen LogP contribution in [0, 0.1) is 11.8 Å². The third kappa shape index (κ3) is 13.9. The van der Waals surface area contributed by atoms with Crippen LogP contribution in [0.2, 0.25) is 0 Å². The minimum absolute atomic E-state index is 0.195. The third-order valence-electron chi connectivity index (χ3n) is 5.58. The molecule has 4 N–H and O–H groups in total. The summed E-state index contributed by atoms with van der Waals surface area (Å²) in [5.41, 5.74) is 0. The number of carboxylic acid groups (broad SMARTS) is 2. The van der Waals surface area contributed by atoms with E-state index in [1.165, 1.54) is 7.11 Å². The number of methoxy groups -OCH3 is 1. The van der Waals surface area contributed by atoms with Gasteiger partial charge in [-0.3, -0.25) is 0 Å². The number of aliphatic carboxylic acids is 2. The van der Waals surface area contributed by atoms with Crippen molar-refractivity contribution in [2.24, 2.45) is 11.8 Å². The number of hydrogen-bond donors (Lipinski definition) is 4. The van der Waals surface area contributed by atoms with E-state index in [9.17, 15) is 40.2 Å². The standard InChI is InChI=1S/C18H30O12.2C4H12N/c1-3-9-13(21)12(20)8(16(29-9)18(25)26)5-28-6-10-14(22)11(19)7(4-27-2)15(30-10)17(23)24;2*1-5(2,3)4/h7-16,19-22H,3-6H2,1-2H3,(H,23,24)(H,25,26);2*1-4H3/q;2*+1/p-2. The van der Waals surface area contributed by atoms with Crippen molar-refractivity contribution >= 4 is 11.9 Å². The van der Waals surface area contributed by atoms with Crippen molar-refractivity contribution in [3.63, 3.8) is 0 Å². The summed E-state index contributed by atoms with van der Waals surface area (Å²) in [6.07, 6.45) is -10.8. The first kappa shape index (κ1) is 38.5. The van der Waals surface area contributed by atoms with Gasteiger partial charge in [0.2, 0.25) is 0 Å². The lowest BCUT2D eigenvalue weighted by Crippen LogP contribution is -2.62. The predicted octanol–water partition coefficient (Wildman–Crippen LogP) is -4.59. The molecule has 10 atom stereocenters.